The lowest BCUT2D eigenvalue weighted by Crippen LogP contribution is -2.35. The number of anilines is 1. The van der Waals surface area contributed by atoms with E-state index in [1.165, 1.54) is 12.5 Å². The van der Waals surface area contributed by atoms with Gasteiger partial charge in [0.1, 0.15) is 11.6 Å². The van der Waals surface area contributed by atoms with E-state index in [0.29, 0.717) is 41.2 Å². The van der Waals surface area contributed by atoms with Crippen LogP contribution in [0.5, 0.6) is 5.75 Å². The van der Waals surface area contributed by atoms with E-state index in [-0.39, 0.29) is 12.3 Å². The van der Waals surface area contributed by atoms with Gasteiger partial charge in [-0.2, -0.15) is 12.6 Å². The highest BCUT2D eigenvalue weighted by Crippen LogP contribution is 2.49. The molecule has 0 bridgehead atoms. The molecule has 1 aromatic carbocycles. The van der Waals surface area contributed by atoms with Gasteiger partial charge in [0.15, 0.2) is 0 Å². The Balaban J connectivity index is 1.16. The van der Waals surface area contributed by atoms with Gasteiger partial charge in [-0.3, -0.25) is 4.79 Å². The molecule has 2 fully saturated rings. The average Bonchev–Trinajstić information content (AvgIpc) is 3.61. The zero-order valence-corrected chi connectivity index (χ0v) is 21.1. The maximum atomic E-state index is 14.5. The summed E-state index contributed by atoms with van der Waals surface area (Å²) in [5.41, 5.74) is 0.390. The fourth-order valence-electron chi connectivity index (χ4n) is 4.84. The third-order valence-corrected chi connectivity index (χ3v) is 7.39. The van der Waals surface area contributed by atoms with E-state index in [4.69, 9.17) is 16.3 Å². The van der Waals surface area contributed by atoms with Crippen LogP contribution in [0.15, 0.2) is 30.6 Å². The highest BCUT2D eigenvalue weighted by molar-refractivity contribution is 7.80. The number of ether oxygens (including phenoxy) is 1. The van der Waals surface area contributed by atoms with Gasteiger partial charge in [-0.05, 0) is 55.1 Å². The first-order valence-electron chi connectivity index (χ1n) is 11.9. The molecule has 1 saturated heterocycles. The molecule has 2 heterocycles. The number of carbonyl (C=O) groups excluding carboxylic acids is 1. The maximum absolute atomic E-state index is 14.5. The number of aromatic nitrogens is 2. The number of piperidine rings is 1. The van der Waals surface area contributed by atoms with Crippen molar-refractivity contribution in [3.63, 3.8) is 0 Å². The predicted molar refractivity (Wildman–Crippen MR) is 135 cm³/mol. The largest absolute Gasteiger partial charge is 0.493 e. The minimum atomic E-state index is -0.397. The molecule has 4 rings (SSSR count). The van der Waals surface area contributed by atoms with E-state index in [0.717, 1.165) is 50.1 Å². The molecule has 34 heavy (non-hydrogen) atoms. The standard InChI is InChI=1S/C25H32ClFN4O2S/c1-30(9-11-34)24(32)13-19-2-3-21(14-23(19)27)33-10-6-18-12-22(18)17-4-7-31(8-5-17)25-28-15-20(26)16-29-25/h2-3,14-18,22,34H,4-13H2,1H3/t18-,22-/m1/s1. The van der Waals surface area contributed by atoms with Crippen molar-refractivity contribution in [3.05, 3.63) is 47.0 Å². The number of hydrogen-bond acceptors (Lipinski definition) is 6. The molecule has 1 amide bonds. The first-order valence-corrected chi connectivity index (χ1v) is 12.9. The molecule has 9 heteroatoms. The number of amides is 1. The van der Waals surface area contributed by atoms with Gasteiger partial charge in [0.05, 0.1) is 30.4 Å². The van der Waals surface area contributed by atoms with Crippen molar-refractivity contribution in [1.82, 2.24) is 14.9 Å². The van der Waals surface area contributed by atoms with E-state index in [9.17, 15) is 9.18 Å². The van der Waals surface area contributed by atoms with Crippen LogP contribution in [-0.2, 0) is 11.2 Å². The molecule has 0 N–H and O–H groups in total. The van der Waals surface area contributed by atoms with Crippen molar-refractivity contribution in [1.29, 1.82) is 0 Å². The van der Waals surface area contributed by atoms with Gasteiger partial charge in [-0.1, -0.05) is 17.7 Å². The van der Waals surface area contributed by atoms with E-state index >= 15 is 0 Å². The van der Waals surface area contributed by atoms with Crippen LogP contribution in [0.3, 0.4) is 0 Å². The summed E-state index contributed by atoms with van der Waals surface area (Å²) in [6.45, 7) is 3.08. The van der Waals surface area contributed by atoms with Gasteiger partial charge in [-0.15, -0.1) is 0 Å². The lowest BCUT2D eigenvalue weighted by Gasteiger charge is -2.32. The molecule has 6 nitrogen and oxygen atoms in total. The summed E-state index contributed by atoms with van der Waals surface area (Å²) in [4.78, 5) is 24.6. The Bertz CT molecular complexity index is 972. The first kappa shape index (κ1) is 25.0. The second kappa shape index (κ2) is 11.6. The van der Waals surface area contributed by atoms with Gasteiger partial charge < -0.3 is 14.5 Å². The summed E-state index contributed by atoms with van der Waals surface area (Å²) in [6, 6.07) is 4.79. The Morgan fingerprint density at radius 1 is 1.29 bits per heavy atom. The van der Waals surface area contributed by atoms with Crippen molar-refractivity contribution in [2.24, 2.45) is 17.8 Å². The molecule has 1 aliphatic carbocycles. The molecule has 2 aliphatic rings. The van der Waals surface area contributed by atoms with Gasteiger partial charge in [-0.25, -0.2) is 14.4 Å². The molecule has 2 aromatic rings. The monoisotopic (exact) mass is 506 g/mol. The molecule has 0 spiro atoms. The number of benzene rings is 1. The molecular weight excluding hydrogens is 475 g/mol. The maximum Gasteiger partial charge on any atom is 0.226 e. The van der Waals surface area contributed by atoms with E-state index in [1.54, 1.807) is 36.5 Å². The van der Waals surface area contributed by atoms with E-state index in [1.807, 2.05) is 0 Å². The van der Waals surface area contributed by atoms with Crippen molar-refractivity contribution >= 4 is 36.1 Å². The van der Waals surface area contributed by atoms with Crippen molar-refractivity contribution in [2.75, 3.05) is 43.9 Å². The molecule has 184 valence electrons. The van der Waals surface area contributed by atoms with Gasteiger partial charge in [0.2, 0.25) is 11.9 Å². The number of thiol groups is 1. The molecule has 1 aliphatic heterocycles. The fraction of sp³-hybridized carbons (Fsp3) is 0.560. The smallest absolute Gasteiger partial charge is 0.226 e. The number of hydrogen-bond donors (Lipinski definition) is 1. The van der Waals surface area contributed by atoms with Crippen molar-refractivity contribution < 1.29 is 13.9 Å². The Labute approximate surface area is 211 Å². The minimum Gasteiger partial charge on any atom is -0.493 e. The summed E-state index contributed by atoms with van der Waals surface area (Å²) in [5.74, 6) is 3.53. The summed E-state index contributed by atoms with van der Waals surface area (Å²) in [5, 5.41) is 0.559. The SMILES string of the molecule is CN(CCS)C(=O)Cc1ccc(OCC[C@@H]2C[C@@H]2C2CCN(c3ncc(Cl)cn3)CC2)cc1F. The first-order chi connectivity index (χ1) is 16.4. The van der Waals surface area contributed by atoms with Gasteiger partial charge in [0, 0.05) is 38.5 Å². The number of rotatable bonds is 10. The van der Waals surface area contributed by atoms with Crippen LogP contribution < -0.4 is 9.64 Å². The van der Waals surface area contributed by atoms with Crippen molar-refractivity contribution in [3.8, 4) is 5.75 Å². The molecular formula is C25H32ClFN4O2S. The Morgan fingerprint density at radius 2 is 2.03 bits per heavy atom. The van der Waals surface area contributed by atoms with Crippen LogP contribution >= 0.6 is 24.2 Å². The van der Waals surface area contributed by atoms with Crippen LogP contribution in [0.4, 0.5) is 10.3 Å². The summed E-state index contributed by atoms with van der Waals surface area (Å²) >= 11 is 10.0. The summed E-state index contributed by atoms with van der Waals surface area (Å²) < 4.78 is 20.3. The third kappa shape index (κ3) is 6.54. The Kier molecular flexibility index (Phi) is 8.53. The van der Waals surface area contributed by atoms with Gasteiger partial charge in [0.25, 0.3) is 0 Å². The zero-order chi connectivity index (χ0) is 24.1. The van der Waals surface area contributed by atoms with Crippen molar-refractivity contribution in [2.45, 2.75) is 32.1 Å². The molecule has 1 aromatic heterocycles. The number of halogens is 2. The number of nitrogens with zero attached hydrogens (tertiary/aromatic N) is 4. The average molecular weight is 507 g/mol. The third-order valence-electron chi connectivity index (χ3n) is 7.00. The second-order valence-corrected chi connectivity index (χ2v) is 10.2. The molecule has 1 saturated carbocycles. The summed E-state index contributed by atoms with van der Waals surface area (Å²) in [6.07, 6.45) is 7.89. The van der Waals surface area contributed by atoms with E-state index in [2.05, 4.69) is 27.5 Å². The highest BCUT2D eigenvalue weighted by Gasteiger charge is 2.43. The lowest BCUT2D eigenvalue weighted by atomic mass is 9.90. The number of likely N-dealkylation sites (N-methyl/N-ethyl adjacent to an activating group) is 1. The van der Waals surface area contributed by atoms with Crippen LogP contribution in [0, 0.1) is 23.6 Å². The molecule has 0 unspecified atom stereocenters. The zero-order valence-electron chi connectivity index (χ0n) is 19.5. The number of carbonyl (C=O) groups is 1. The minimum absolute atomic E-state index is 0.0447. The highest BCUT2D eigenvalue weighted by atomic mass is 35.5. The normalized spacial score (nSPS) is 20.3. The van der Waals surface area contributed by atoms with Gasteiger partial charge >= 0.3 is 0 Å². The second-order valence-electron chi connectivity index (χ2n) is 9.29. The van der Waals surface area contributed by atoms with Crippen LogP contribution in [0.2, 0.25) is 5.02 Å². The van der Waals surface area contributed by atoms with E-state index < -0.39 is 5.82 Å². The Morgan fingerprint density at radius 3 is 2.71 bits per heavy atom. The Hall–Kier alpha value is -2.06. The predicted octanol–water partition coefficient (Wildman–Crippen LogP) is 4.52. The topological polar surface area (TPSA) is 58.6 Å². The quantitative estimate of drug-likeness (QED) is 0.480. The molecule has 2 atom stereocenters. The van der Waals surface area contributed by atoms with Crippen LogP contribution in [0.1, 0.15) is 31.2 Å². The molecule has 0 radical (unpaired) electrons. The lowest BCUT2D eigenvalue weighted by molar-refractivity contribution is -0.128. The van der Waals surface area contributed by atoms with Crippen LogP contribution in [-0.4, -0.2) is 59.8 Å². The van der Waals surface area contributed by atoms with Crippen LogP contribution in [0.25, 0.3) is 0 Å². The summed E-state index contributed by atoms with van der Waals surface area (Å²) in [7, 11) is 1.70. The fourth-order valence-corrected chi connectivity index (χ4v) is 5.24.